The first-order valence-electron chi connectivity index (χ1n) is 8.04. The van der Waals surface area contributed by atoms with Crippen LogP contribution in [0.4, 0.5) is 0 Å². The summed E-state index contributed by atoms with van der Waals surface area (Å²) >= 11 is 0. The van der Waals surface area contributed by atoms with E-state index in [1.807, 2.05) is 17.0 Å². The fourth-order valence-corrected chi connectivity index (χ4v) is 3.29. The fraction of sp³-hybridized carbons (Fsp3) is 0.529. The summed E-state index contributed by atoms with van der Waals surface area (Å²) in [4.78, 5) is 22.3. The lowest BCUT2D eigenvalue weighted by Gasteiger charge is -2.36. The molecule has 1 amide bonds. The Morgan fingerprint density at radius 3 is 3.05 bits per heavy atom. The Morgan fingerprint density at radius 1 is 1.50 bits per heavy atom. The number of benzene rings is 1. The Bertz CT molecular complexity index is 678. The molecule has 0 spiro atoms. The summed E-state index contributed by atoms with van der Waals surface area (Å²) in [7, 11) is 0. The van der Waals surface area contributed by atoms with Crippen molar-refractivity contribution in [2.24, 2.45) is 5.73 Å². The molecule has 5 heteroatoms. The maximum Gasteiger partial charge on any atom is 0.223 e. The average molecular weight is 300 g/mol. The molecule has 1 aromatic carbocycles. The van der Waals surface area contributed by atoms with E-state index in [0.717, 1.165) is 41.8 Å². The van der Waals surface area contributed by atoms with Gasteiger partial charge in [0.25, 0.3) is 0 Å². The van der Waals surface area contributed by atoms with Gasteiger partial charge in [-0.2, -0.15) is 0 Å². The molecule has 5 nitrogen and oxygen atoms in total. The Kier molecular flexibility index (Phi) is 4.16. The highest BCUT2D eigenvalue weighted by atomic mass is 16.2. The van der Waals surface area contributed by atoms with Crippen LogP contribution < -0.4 is 5.73 Å². The molecule has 22 heavy (non-hydrogen) atoms. The number of amides is 1. The Hall–Kier alpha value is -1.88. The lowest BCUT2D eigenvalue weighted by atomic mass is 9.98. The first-order valence-corrected chi connectivity index (χ1v) is 8.04. The van der Waals surface area contributed by atoms with Crippen molar-refractivity contribution in [3.05, 3.63) is 29.6 Å². The first kappa shape index (κ1) is 15.0. The summed E-state index contributed by atoms with van der Waals surface area (Å²) in [6.07, 6.45) is 2.95. The van der Waals surface area contributed by atoms with Crippen LogP contribution in [-0.2, 0) is 11.2 Å². The standard InChI is InChI=1S/C17H24N4O/c1-11-4-3-5-14-17(11)20-15(19-14)6-7-16(22)21-9-8-13(18)10-12(21)2/h3-5,12-13H,6-10,18H2,1-2H3,(H,19,20)/t12-,13+/m0/s1. The second kappa shape index (κ2) is 6.08. The number of carbonyl (C=O) groups excluding carboxylic acids is 1. The van der Waals surface area contributed by atoms with Gasteiger partial charge in [0.1, 0.15) is 5.82 Å². The number of H-pyrrole nitrogens is 1. The van der Waals surface area contributed by atoms with E-state index in [1.54, 1.807) is 0 Å². The monoisotopic (exact) mass is 300 g/mol. The quantitative estimate of drug-likeness (QED) is 0.912. The molecule has 2 aromatic rings. The van der Waals surface area contributed by atoms with Crippen molar-refractivity contribution in [2.45, 2.75) is 51.6 Å². The third-order valence-electron chi connectivity index (χ3n) is 4.58. The summed E-state index contributed by atoms with van der Waals surface area (Å²) in [5.41, 5.74) is 9.16. The van der Waals surface area contributed by atoms with Gasteiger partial charge < -0.3 is 15.6 Å². The van der Waals surface area contributed by atoms with E-state index in [2.05, 4.69) is 29.9 Å². The number of aromatic amines is 1. The number of imidazole rings is 1. The second-order valence-corrected chi connectivity index (χ2v) is 6.38. The Balaban J connectivity index is 1.63. The van der Waals surface area contributed by atoms with Crippen LogP contribution in [0.15, 0.2) is 18.2 Å². The average Bonchev–Trinajstić information content (AvgIpc) is 2.89. The van der Waals surface area contributed by atoms with Crippen LogP contribution in [0.3, 0.4) is 0 Å². The van der Waals surface area contributed by atoms with Crippen molar-refractivity contribution in [2.75, 3.05) is 6.54 Å². The summed E-state index contributed by atoms with van der Waals surface area (Å²) in [5.74, 6) is 1.09. The normalized spacial score (nSPS) is 22.2. The third kappa shape index (κ3) is 2.99. The number of nitrogens with two attached hydrogens (primary N) is 1. The van der Waals surface area contributed by atoms with E-state index in [9.17, 15) is 4.79 Å². The van der Waals surface area contributed by atoms with Crippen LogP contribution in [0.25, 0.3) is 11.0 Å². The van der Waals surface area contributed by atoms with Gasteiger partial charge in [-0.15, -0.1) is 0 Å². The number of nitrogens with one attached hydrogen (secondary N) is 1. The lowest BCUT2D eigenvalue weighted by Crippen LogP contribution is -2.48. The zero-order valence-corrected chi connectivity index (χ0v) is 13.3. The molecular formula is C17H24N4O. The highest BCUT2D eigenvalue weighted by molar-refractivity contribution is 5.79. The van der Waals surface area contributed by atoms with Crippen LogP contribution in [0, 0.1) is 6.92 Å². The summed E-state index contributed by atoms with van der Waals surface area (Å²) < 4.78 is 0. The zero-order chi connectivity index (χ0) is 15.7. The van der Waals surface area contributed by atoms with Crippen molar-refractivity contribution in [3.63, 3.8) is 0 Å². The number of hydrogen-bond donors (Lipinski definition) is 2. The van der Waals surface area contributed by atoms with Gasteiger partial charge >= 0.3 is 0 Å². The van der Waals surface area contributed by atoms with Gasteiger partial charge in [-0.3, -0.25) is 4.79 Å². The smallest absolute Gasteiger partial charge is 0.223 e. The van der Waals surface area contributed by atoms with Crippen LogP contribution in [0.2, 0.25) is 0 Å². The predicted molar refractivity (Wildman–Crippen MR) is 87.5 cm³/mol. The number of likely N-dealkylation sites (tertiary alicyclic amines) is 1. The molecule has 2 heterocycles. The van der Waals surface area contributed by atoms with Gasteiger partial charge in [-0.05, 0) is 38.3 Å². The lowest BCUT2D eigenvalue weighted by molar-refractivity contribution is -0.134. The number of piperidine rings is 1. The van der Waals surface area contributed by atoms with Crippen molar-refractivity contribution < 1.29 is 4.79 Å². The minimum absolute atomic E-state index is 0.205. The number of carbonyl (C=O) groups is 1. The van der Waals surface area contributed by atoms with E-state index in [-0.39, 0.29) is 18.0 Å². The molecule has 1 saturated heterocycles. The number of para-hydroxylation sites is 1. The van der Waals surface area contributed by atoms with Crippen LogP contribution in [-0.4, -0.2) is 39.4 Å². The van der Waals surface area contributed by atoms with E-state index < -0.39 is 0 Å². The molecule has 1 fully saturated rings. The predicted octanol–water partition coefficient (Wildman–Crippen LogP) is 2.14. The van der Waals surface area contributed by atoms with E-state index in [1.165, 1.54) is 0 Å². The van der Waals surface area contributed by atoms with Crippen molar-refractivity contribution in [3.8, 4) is 0 Å². The number of hydrogen-bond acceptors (Lipinski definition) is 3. The minimum Gasteiger partial charge on any atom is -0.342 e. The second-order valence-electron chi connectivity index (χ2n) is 6.38. The fourth-order valence-electron chi connectivity index (χ4n) is 3.29. The molecule has 1 aromatic heterocycles. The van der Waals surface area contributed by atoms with E-state index >= 15 is 0 Å². The number of aryl methyl sites for hydroxylation is 2. The van der Waals surface area contributed by atoms with E-state index in [4.69, 9.17) is 5.73 Å². The number of rotatable bonds is 3. The molecule has 0 unspecified atom stereocenters. The molecular weight excluding hydrogens is 276 g/mol. The number of aromatic nitrogens is 2. The minimum atomic E-state index is 0.205. The molecule has 3 N–H and O–H groups in total. The van der Waals surface area contributed by atoms with Crippen molar-refractivity contribution in [1.82, 2.24) is 14.9 Å². The third-order valence-corrected chi connectivity index (χ3v) is 4.58. The largest absolute Gasteiger partial charge is 0.342 e. The highest BCUT2D eigenvalue weighted by Crippen LogP contribution is 2.19. The molecule has 3 rings (SSSR count). The SMILES string of the molecule is Cc1cccc2[nH]c(CCC(=O)N3CC[C@@H](N)C[C@@H]3C)nc12. The molecule has 0 bridgehead atoms. The summed E-state index contributed by atoms with van der Waals surface area (Å²) in [6.45, 7) is 4.92. The maximum atomic E-state index is 12.4. The van der Waals surface area contributed by atoms with Crippen LogP contribution >= 0.6 is 0 Å². The van der Waals surface area contributed by atoms with Gasteiger partial charge in [0.05, 0.1) is 11.0 Å². The molecule has 0 aliphatic carbocycles. The summed E-state index contributed by atoms with van der Waals surface area (Å²) in [6, 6.07) is 6.57. The Labute approximate surface area is 130 Å². The Morgan fingerprint density at radius 2 is 2.32 bits per heavy atom. The zero-order valence-electron chi connectivity index (χ0n) is 13.3. The van der Waals surface area contributed by atoms with Gasteiger partial charge in [0, 0.05) is 31.5 Å². The van der Waals surface area contributed by atoms with Crippen molar-refractivity contribution >= 4 is 16.9 Å². The number of nitrogens with zero attached hydrogens (tertiary/aromatic N) is 2. The molecule has 2 atom stereocenters. The summed E-state index contributed by atoms with van der Waals surface area (Å²) in [5, 5.41) is 0. The van der Waals surface area contributed by atoms with Crippen molar-refractivity contribution in [1.29, 1.82) is 0 Å². The highest BCUT2D eigenvalue weighted by Gasteiger charge is 2.26. The van der Waals surface area contributed by atoms with E-state index in [0.29, 0.717) is 12.8 Å². The molecule has 0 radical (unpaired) electrons. The van der Waals surface area contributed by atoms with Gasteiger partial charge in [-0.25, -0.2) is 4.98 Å². The molecule has 1 aliphatic rings. The molecule has 1 aliphatic heterocycles. The van der Waals surface area contributed by atoms with Gasteiger partial charge in [-0.1, -0.05) is 12.1 Å². The van der Waals surface area contributed by atoms with Gasteiger partial charge in [0.15, 0.2) is 0 Å². The number of fused-ring (bicyclic) bond motifs is 1. The van der Waals surface area contributed by atoms with Gasteiger partial charge in [0.2, 0.25) is 5.91 Å². The molecule has 0 saturated carbocycles. The topological polar surface area (TPSA) is 75.0 Å². The maximum absolute atomic E-state index is 12.4. The first-order chi connectivity index (χ1) is 10.5. The van der Waals surface area contributed by atoms with Crippen LogP contribution in [0.1, 0.15) is 37.6 Å². The molecule has 118 valence electrons. The van der Waals surface area contributed by atoms with Crippen LogP contribution in [0.5, 0.6) is 0 Å².